The van der Waals surface area contributed by atoms with E-state index in [2.05, 4.69) is 5.32 Å². The Morgan fingerprint density at radius 2 is 2.25 bits per heavy atom. The van der Waals surface area contributed by atoms with E-state index < -0.39 is 0 Å². The molecule has 1 aromatic rings. The molecule has 2 heterocycles. The maximum absolute atomic E-state index is 10.9. The molecule has 1 fully saturated rings. The Labute approximate surface area is 95.2 Å². The number of pyridine rings is 1. The van der Waals surface area contributed by atoms with Crippen LogP contribution in [-0.2, 0) is 11.3 Å². The summed E-state index contributed by atoms with van der Waals surface area (Å²) < 4.78 is 7.51. The highest BCUT2D eigenvalue weighted by Gasteiger charge is 2.13. The van der Waals surface area contributed by atoms with E-state index in [1.54, 1.807) is 12.1 Å². The summed E-state index contributed by atoms with van der Waals surface area (Å²) in [7, 11) is 0. The summed E-state index contributed by atoms with van der Waals surface area (Å²) in [6.45, 7) is 3.63. The first-order chi connectivity index (χ1) is 7.84. The third-order valence-electron chi connectivity index (χ3n) is 2.80. The fourth-order valence-electron chi connectivity index (χ4n) is 1.87. The van der Waals surface area contributed by atoms with Crippen LogP contribution >= 0.6 is 0 Å². The van der Waals surface area contributed by atoms with Crippen molar-refractivity contribution in [1.29, 1.82) is 0 Å². The summed E-state index contributed by atoms with van der Waals surface area (Å²) in [6.07, 6.45) is 6.39. The molecule has 88 valence electrons. The summed E-state index contributed by atoms with van der Waals surface area (Å²) in [5.74, 6) is 0. The number of rotatable bonds is 5. The van der Waals surface area contributed by atoms with Crippen molar-refractivity contribution in [1.82, 2.24) is 9.88 Å². The van der Waals surface area contributed by atoms with Gasteiger partial charge >= 0.3 is 0 Å². The van der Waals surface area contributed by atoms with E-state index in [0.29, 0.717) is 6.10 Å². The SMILES string of the molecule is O=c1ccn(CCNCC2CCCO2)cc1. The first-order valence-corrected chi connectivity index (χ1v) is 5.83. The van der Waals surface area contributed by atoms with Gasteiger partial charge in [0.1, 0.15) is 0 Å². The lowest BCUT2D eigenvalue weighted by Gasteiger charge is -2.11. The second kappa shape index (κ2) is 5.82. The number of ether oxygens (including phenoxy) is 1. The van der Waals surface area contributed by atoms with Crippen molar-refractivity contribution >= 4 is 0 Å². The van der Waals surface area contributed by atoms with Gasteiger partial charge in [-0.25, -0.2) is 0 Å². The average Bonchev–Trinajstić information content (AvgIpc) is 2.80. The zero-order valence-corrected chi connectivity index (χ0v) is 9.39. The molecule has 4 nitrogen and oxygen atoms in total. The lowest BCUT2D eigenvalue weighted by Crippen LogP contribution is -2.29. The standard InChI is InChI=1S/C12H18N2O2/c15-11-3-6-14(7-4-11)8-5-13-10-12-2-1-9-16-12/h3-4,6-7,12-13H,1-2,5,8-10H2. The minimum atomic E-state index is 0.0589. The second-order valence-corrected chi connectivity index (χ2v) is 4.11. The van der Waals surface area contributed by atoms with Crippen LogP contribution in [0.2, 0.25) is 0 Å². The van der Waals surface area contributed by atoms with E-state index in [4.69, 9.17) is 4.74 Å². The molecular formula is C12H18N2O2. The Kier molecular flexibility index (Phi) is 4.13. The van der Waals surface area contributed by atoms with Crippen molar-refractivity contribution in [2.24, 2.45) is 0 Å². The summed E-state index contributed by atoms with van der Waals surface area (Å²) in [5.41, 5.74) is 0.0589. The maximum Gasteiger partial charge on any atom is 0.181 e. The molecule has 0 radical (unpaired) electrons. The van der Waals surface area contributed by atoms with Gasteiger partial charge in [0, 0.05) is 50.8 Å². The number of aromatic nitrogens is 1. The normalized spacial score (nSPS) is 20.1. The molecule has 0 saturated carbocycles. The molecule has 0 bridgehead atoms. The van der Waals surface area contributed by atoms with Gasteiger partial charge < -0.3 is 14.6 Å². The Bertz CT molecular complexity index is 349. The molecule has 16 heavy (non-hydrogen) atoms. The van der Waals surface area contributed by atoms with Gasteiger partial charge in [-0.1, -0.05) is 0 Å². The molecule has 1 saturated heterocycles. The molecule has 1 atom stereocenters. The summed E-state index contributed by atoms with van der Waals surface area (Å²) >= 11 is 0. The minimum Gasteiger partial charge on any atom is -0.377 e. The van der Waals surface area contributed by atoms with Crippen LogP contribution in [0.3, 0.4) is 0 Å². The van der Waals surface area contributed by atoms with Gasteiger partial charge in [-0.15, -0.1) is 0 Å². The Morgan fingerprint density at radius 3 is 2.94 bits per heavy atom. The van der Waals surface area contributed by atoms with Crippen molar-refractivity contribution in [3.05, 3.63) is 34.7 Å². The van der Waals surface area contributed by atoms with Crippen molar-refractivity contribution in [3.63, 3.8) is 0 Å². The first-order valence-electron chi connectivity index (χ1n) is 5.83. The fourth-order valence-corrected chi connectivity index (χ4v) is 1.87. The van der Waals surface area contributed by atoms with Gasteiger partial charge in [0.25, 0.3) is 0 Å². The van der Waals surface area contributed by atoms with Gasteiger partial charge in [0.15, 0.2) is 5.43 Å². The number of hydrogen-bond donors (Lipinski definition) is 1. The number of nitrogens with one attached hydrogen (secondary N) is 1. The van der Waals surface area contributed by atoms with E-state index in [9.17, 15) is 4.79 Å². The van der Waals surface area contributed by atoms with Crippen LogP contribution < -0.4 is 10.7 Å². The Morgan fingerprint density at radius 1 is 1.44 bits per heavy atom. The Hall–Kier alpha value is -1.13. The second-order valence-electron chi connectivity index (χ2n) is 4.11. The predicted octanol–water partition coefficient (Wildman–Crippen LogP) is 0.617. The van der Waals surface area contributed by atoms with Gasteiger partial charge in [0.05, 0.1) is 6.10 Å². The molecule has 1 N–H and O–H groups in total. The highest BCUT2D eigenvalue weighted by Crippen LogP contribution is 2.10. The van der Waals surface area contributed by atoms with Crippen molar-refractivity contribution in [2.45, 2.75) is 25.5 Å². The van der Waals surface area contributed by atoms with Crippen molar-refractivity contribution in [2.75, 3.05) is 19.7 Å². The molecular weight excluding hydrogens is 204 g/mol. The van der Waals surface area contributed by atoms with Crippen LogP contribution in [0.1, 0.15) is 12.8 Å². The van der Waals surface area contributed by atoms with Crippen LogP contribution in [-0.4, -0.2) is 30.4 Å². The zero-order chi connectivity index (χ0) is 11.2. The first kappa shape index (κ1) is 11.4. The average molecular weight is 222 g/mol. The van der Waals surface area contributed by atoms with E-state index >= 15 is 0 Å². The van der Waals surface area contributed by atoms with Gasteiger partial charge in [-0.2, -0.15) is 0 Å². The smallest absolute Gasteiger partial charge is 0.181 e. The summed E-state index contributed by atoms with van der Waals surface area (Å²) in [4.78, 5) is 10.9. The lowest BCUT2D eigenvalue weighted by molar-refractivity contribution is 0.110. The largest absolute Gasteiger partial charge is 0.377 e. The third kappa shape index (κ3) is 3.47. The molecule has 0 amide bonds. The van der Waals surface area contributed by atoms with E-state index in [0.717, 1.165) is 26.2 Å². The predicted molar refractivity (Wildman–Crippen MR) is 62.5 cm³/mol. The van der Waals surface area contributed by atoms with Crippen LogP contribution in [0.25, 0.3) is 0 Å². The molecule has 1 aromatic heterocycles. The molecule has 1 aliphatic heterocycles. The zero-order valence-electron chi connectivity index (χ0n) is 9.39. The maximum atomic E-state index is 10.9. The van der Waals surface area contributed by atoms with E-state index in [-0.39, 0.29) is 5.43 Å². The summed E-state index contributed by atoms with van der Waals surface area (Å²) in [6, 6.07) is 3.17. The highest BCUT2D eigenvalue weighted by atomic mass is 16.5. The molecule has 1 aliphatic rings. The fraction of sp³-hybridized carbons (Fsp3) is 0.583. The molecule has 0 aliphatic carbocycles. The monoisotopic (exact) mass is 222 g/mol. The molecule has 0 aromatic carbocycles. The topological polar surface area (TPSA) is 43.3 Å². The van der Waals surface area contributed by atoms with Gasteiger partial charge in [-0.05, 0) is 12.8 Å². The molecule has 2 rings (SSSR count). The van der Waals surface area contributed by atoms with E-state index in [1.165, 1.54) is 12.8 Å². The number of hydrogen-bond acceptors (Lipinski definition) is 3. The molecule has 4 heteroatoms. The third-order valence-corrected chi connectivity index (χ3v) is 2.80. The van der Waals surface area contributed by atoms with Gasteiger partial charge in [-0.3, -0.25) is 4.79 Å². The van der Waals surface area contributed by atoms with Crippen LogP contribution in [0.5, 0.6) is 0 Å². The minimum absolute atomic E-state index is 0.0589. The highest BCUT2D eigenvalue weighted by molar-refractivity contribution is 4.93. The van der Waals surface area contributed by atoms with Crippen LogP contribution in [0, 0.1) is 0 Å². The van der Waals surface area contributed by atoms with Crippen molar-refractivity contribution < 1.29 is 4.74 Å². The molecule has 1 unspecified atom stereocenters. The summed E-state index contributed by atoms with van der Waals surface area (Å²) in [5, 5.41) is 3.37. The lowest BCUT2D eigenvalue weighted by atomic mass is 10.2. The quantitative estimate of drug-likeness (QED) is 0.743. The van der Waals surface area contributed by atoms with Crippen LogP contribution in [0.4, 0.5) is 0 Å². The van der Waals surface area contributed by atoms with Crippen LogP contribution in [0.15, 0.2) is 29.3 Å². The van der Waals surface area contributed by atoms with Crippen molar-refractivity contribution in [3.8, 4) is 0 Å². The Balaban J connectivity index is 1.64. The van der Waals surface area contributed by atoms with Gasteiger partial charge in [0.2, 0.25) is 0 Å². The molecule has 0 spiro atoms. The number of nitrogens with zero attached hydrogens (tertiary/aromatic N) is 1. The van der Waals surface area contributed by atoms with E-state index in [1.807, 2.05) is 17.0 Å².